The second-order valence-corrected chi connectivity index (χ2v) is 16.3. The van der Waals surface area contributed by atoms with E-state index in [4.69, 9.17) is 4.12 Å². The van der Waals surface area contributed by atoms with Gasteiger partial charge in [0.05, 0.1) is 0 Å². The van der Waals surface area contributed by atoms with Crippen molar-refractivity contribution in [3.05, 3.63) is 12.2 Å². The van der Waals surface area contributed by atoms with Crippen molar-refractivity contribution in [2.24, 2.45) is 41.4 Å². The molecule has 118 valence electrons. The first-order valence-corrected chi connectivity index (χ1v) is 15.2. The lowest BCUT2D eigenvalue weighted by molar-refractivity contribution is 0.146. The number of hydrogen-bond acceptors (Lipinski definition) is 1. The van der Waals surface area contributed by atoms with E-state index < -0.39 is 17.4 Å². The van der Waals surface area contributed by atoms with E-state index in [1.54, 1.807) is 12.8 Å². The van der Waals surface area contributed by atoms with E-state index >= 15 is 0 Å². The number of fused-ring (bicyclic) bond motifs is 9. The van der Waals surface area contributed by atoms with Gasteiger partial charge in [-0.15, -0.1) is 0 Å². The Balaban J connectivity index is 1.38. The summed E-state index contributed by atoms with van der Waals surface area (Å²) in [5.41, 5.74) is 0. The Morgan fingerprint density at radius 1 is 1.05 bits per heavy atom. The van der Waals surface area contributed by atoms with Crippen LogP contribution in [0.1, 0.15) is 25.7 Å². The van der Waals surface area contributed by atoms with Gasteiger partial charge in [0.25, 0.3) is 0 Å². The first kappa shape index (κ1) is 14.7. The molecule has 4 aliphatic carbocycles. The molecule has 4 bridgehead atoms. The molecule has 4 rings (SSSR count). The molecular formula is C18H32OSi2. The zero-order valence-electron chi connectivity index (χ0n) is 14.2. The van der Waals surface area contributed by atoms with Gasteiger partial charge < -0.3 is 4.12 Å². The van der Waals surface area contributed by atoms with Gasteiger partial charge in [-0.3, -0.25) is 0 Å². The first-order chi connectivity index (χ1) is 9.94. The average molecular weight is 321 g/mol. The molecular weight excluding hydrogens is 288 g/mol. The fourth-order valence-electron chi connectivity index (χ4n) is 6.71. The van der Waals surface area contributed by atoms with Gasteiger partial charge in [-0.25, -0.2) is 0 Å². The Morgan fingerprint density at radius 3 is 2.48 bits per heavy atom. The molecule has 0 aromatic carbocycles. The van der Waals surface area contributed by atoms with Crippen molar-refractivity contribution in [3.8, 4) is 0 Å². The Hall–Kier alpha value is 0.134. The summed E-state index contributed by atoms with van der Waals surface area (Å²) in [4.78, 5) is 0. The van der Waals surface area contributed by atoms with E-state index in [1.165, 1.54) is 18.9 Å². The van der Waals surface area contributed by atoms with Crippen LogP contribution in [0.3, 0.4) is 0 Å². The quantitative estimate of drug-likeness (QED) is 0.406. The molecule has 0 aromatic rings. The lowest BCUT2D eigenvalue weighted by Crippen LogP contribution is -2.37. The topological polar surface area (TPSA) is 9.23 Å². The number of allylic oxidation sites excluding steroid dienone is 2. The fraction of sp³-hybridized carbons (Fsp3) is 0.889. The summed E-state index contributed by atoms with van der Waals surface area (Å²) in [6.07, 6.45) is 11.3. The van der Waals surface area contributed by atoms with Crippen molar-refractivity contribution in [1.29, 1.82) is 0 Å². The maximum atomic E-state index is 6.38. The average Bonchev–Trinajstić information content (AvgIpc) is 3.12. The van der Waals surface area contributed by atoms with E-state index in [0.717, 1.165) is 41.4 Å². The largest absolute Gasteiger partial charge is 0.458 e. The van der Waals surface area contributed by atoms with E-state index in [-0.39, 0.29) is 0 Å². The zero-order valence-corrected chi connectivity index (χ0v) is 16.4. The lowest BCUT2D eigenvalue weighted by Gasteiger charge is -2.38. The molecule has 3 saturated carbocycles. The van der Waals surface area contributed by atoms with Gasteiger partial charge in [0, 0.05) is 0 Å². The maximum Gasteiger partial charge on any atom is 0.173 e. The van der Waals surface area contributed by atoms with Crippen LogP contribution >= 0.6 is 0 Å². The molecule has 4 aliphatic rings. The van der Waals surface area contributed by atoms with Gasteiger partial charge in [-0.2, -0.15) is 0 Å². The van der Waals surface area contributed by atoms with Crippen molar-refractivity contribution in [3.63, 3.8) is 0 Å². The van der Waals surface area contributed by atoms with Crippen molar-refractivity contribution >= 4 is 17.4 Å². The Bertz CT molecular complexity index is 444. The molecule has 3 heteroatoms. The van der Waals surface area contributed by atoms with E-state index in [1.807, 2.05) is 0 Å². The molecule has 7 unspecified atom stereocenters. The van der Waals surface area contributed by atoms with Gasteiger partial charge in [0.15, 0.2) is 17.4 Å². The zero-order chi connectivity index (χ0) is 14.8. The predicted molar refractivity (Wildman–Crippen MR) is 94.3 cm³/mol. The maximum absolute atomic E-state index is 6.38. The van der Waals surface area contributed by atoms with Gasteiger partial charge >= 0.3 is 0 Å². The minimum Gasteiger partial charge on any atom is -0.458 e. The molecule has 1 nitrogen and oxygen atoms in total. The highest BCUT2D eigenvalue weighted by molar-refractivity contribution is 6.77. The second kappa shape index (κ2) is 5.07. The number of rotatable bonds is 5. The minimum absolute atomic E-state index is 0.850. The van der Waals surface area contributed by atoms with Gasteiger partial charge in [0.2, 0.25) is 0 Å². The standard InChI is InChI=1S/C18H32OSi2/c1-20(2)19-21(3,4)8-7-12-9-15-11-16(12)18-14-6-5-13(10-14)17(15)18/h5-6,12-18,20H,7-11H2,1-4H3. The van der Waals surface area contributed by atoms with Crippen LogP contribution in [0.25, 0.3) is 0 Å². The Kier molecular flexibility index (Phi) is 3.55. The predicted octanol–water partition coefficient (Wildman–Crippen LogP) is 4.68. The van der Waals surface area contributed by atoms with Gasteiger partial charge in [0.1, 0.15) is 0 Å². The van der Waals surface area contributed by atoms with Crippen LogP contribution in [0.4, 0.5) is 0 Å². The summed E-state index contributed by atoms with van der Waals surface area (Å²) in [6, 6.07) is 1.41. The molecule has 0 heterocycles. The summed E-state index contributed by atoms with van der Waals surface area (Å²) in [7, 11) is -2.21. The monoisotopic (exact) mass is 320 g/mol. The number of hydrogen-bond donors (Lipinski definition) is 0. The highest BCUT2D eigenvalue weighted by Gasteiger charge is 2.60. The van der Waals surface area contributed by atoms with Crippen molar-refractivity contribution in [2.75, 3.05) is 0 Å². The van der Waals surface area contributed by atoms with E-state index in [2.05, 4.69) is 38.3 Å². The SMILES string of the molecule is C[SiH](C)O[Si](C)(C)CCC1CC2CC1C1C3C=CC(C3)C21. The molecule has 0 radical (unpaired) electrons. The van der Waals surface area contributed by atoms with Crippen LogP contribution in [-0.2, 0) is 4.12 Å². The second-order valence-electron chi connectivity index (χ2n) is 9.22. The minimum atomic E-state index is -1.36. The Morgan fingerprint density at radius 2 is 1.76 bits per heavy atom. The molecule has 21 heavy (non-hydrogen) atoms. The molecule has 0 aliphatic heterocycles. The van der Waals surface area contributed by atoms with E-state index in [9.17, 15) is 0 Å². The highest BCUT2D eigenvalue weighted by Crippen LogP contribution is 2.67. The highest BCUT2D eigenvalue weighted by atomic mass is 28.4. The molecule has 0 aromatic heterocycles. The molecule has 0 saturated heterocycles. The van der Waals surface area contributed by atoms with Crippen LogP contribution in [0.5, 0.6) is 0 Å². The summed E-state index contributed by atoms with van der Waals surface area (Å²) >= 11 is 0. The molecule has 0 amide bonds. The smallest absolute Gasteiger partial charge is 0.173 e. The van der Waals surface area contributed by atoms with Crippen LogP contribution in [0, 0.1) is 41.4 Å². The van der Waals surface area contributed by atoms with Crippen molar-refractivity contribution < 1.29 is 4.12 Å². The Labute approximate surface area is 133 Å². The summed E-state index contributed by atoms with van der Waals surface area (Å²) in [5.74, 6) is 7.38. The third-order valence-electron chi connectivity index (χ3n) is 7.08. The summed E-state index contributed by atoms with van der Waals surface area (Å²) in [6.45, 7) is 9.57. The fourth-order valence-corrected chi connectivity index (χ4v) is 13.4. The van der Waals surface area contributed by atoms with Crippen LogP contribution in [-0.4, -0.2) is 17.4 Å². The van der Waals surface area contributed by atoms with Gasteiger partial charge in [-0.05, 0) is 92.9 Å². The normalized spacial score (nSPS) is 46.8. The first-order valence-electron chi connectivity index (χ1n) is 9.31. The third kappa shape index (κ3) is 2.44. The molecule has 3 fully saturated rings. The molecule has 7 atom stereocenters. The van der Waals surface area contributed by atoms with Crippen LogP contribution in [0.15, 0.2) is 12.2 Å². The van der Waals surface area contributed by atoms with Crippen LogP contribution in [0.2, 0.25) is 32.2 Å². The molecule has 0 spiro atoms. The lowest BCUT2D eigenvalue weighted by atomic mass is 9.69. The third-order valence-corrected chi connectivity index (χ3v) is 13.0. The summed E-state index contributed by atoms with van der Waals surface area (Å²) < 4.78 is 6.38. The van der Waals surface area contributed by atoms with Gasteiger partial charge in [-0.1, -0.05) is 18.6 Å². The van der Waals surface area contributed by atoms with Crippen molar-refractivity contribution in [1.82, 2.24) is 0 Å². The van der Waals surface area contributed by atoms with E-state index in [0.29, 0.717) is 0 Å². The molecule has 0 N–H and O–H groups in total. The summed E-state index contributed by atoms with van der Waals surface area (Å²) in [5, 5.41) is 0. The van der Waals surface area contributed by atoms with Crippen LogP contribution < -0.4 is 0 Å². The van der Waals surface area contributed by atoms with Crippen molar-refractivity contribution in [2.45, 2.75) is 57.9 Å².